The average molecular weight is 387 g/mol. The van der Waals surface area contributed by atoms with E-state index < -0.39 is 0 Å². The van der Waals surface area contributed by atoms with Crippen LogP contribution in [0.5, 0.6) is 5.75 Å². The molecule has 0 heterocycles. The Morgan fingerprint density at radius 2 is 1.78 bits per heavy atom. The normalized spacial score (nSPS) is 10.6. The third-order valence-corrected chi connectivity index (χ3v) is 4.99. The number of rotatable bonds is 6. The molecule has 2 aromatic carbocycles. The van der Waals surface area contributed by atoms with Crippen LogP contribution in [0.25, 0.3) is 0 Å². The smallest absolute Gasteiger partial charge is 0.285 e. The lowest BCUT2D eigenvalue weighted by Gasteiger charge is -2.13. The predicted octanol–water partition coefficient (Wildman–Crippen LogP) is 4.91. The topological polar surface area (TPSA) is 58.6 Å². The molecule has 0 radical (unpaired) electrons. The second-order valence-electron chi connectivity index (χ2n) is 6.80. The number of benzene rings is 2. The van der Waals surface area contributed by atoms with Crippen LogP contribution in [0.4, 0.5) is 10.5 Å². The zero-order chi connectivity index (χ0) is 20.0. The summed E-state index contributed by atoms with van der Waals surface area (Å²) in [6.45, 7) is 6.28. The molecule has 5 nitrogen and oxygen atoms in total. The van der Waals surface area contributed by atoms with E-state index in [4.69, 9.17) is 4.74 Å². The molecule has 1 N–H and O–H groups in total. The lowest BCUT2D eigenvalue weighted by Crippen LogP contribution is -2.20. The van der Waals surface area contributed by atoms with Gasteiger partial charge in [-0.05, 0) is 72.1 Å². The number of nitrogens with one attached hydrogen (secondary N) is 1. The summed E-state index contributed by atoms with van der Waals surface area (Å²) in [5.41, 5.74) is 3.09. The van der Waals surface area contributed by atoms with Gasteiger partial charge in [-0.1, -0.05) is 19.9 Å². The fourth-order valence-electron chi connectivity index (χ4n) is 2.53. The van der Waals surface area contributed by atoms with Crippen molar-refractivity contribution in [1.82, 2.24) is 4.90 Å². The van der Waals surface area contributed by atoms with Gasteiger partial charge in [0.25, 0.3) is 11.1 Å². The van der Waals surface area contributed by atoms with E-state index in [1.165, 1.54) is 10.5 Å². The maximum absolute atomic E-state index is 12.1. The fraction of sp³-hybridized carbons (Fsp3) is 0.333. The SMILES string of the molecule is Cc1cc(OCC(=O)Nc2ccc(SC(=O)N(C)C)cc2)ccc1C(C)C. The molecule has 0 atom stereocenters. The highest BCUT2D eigenvalue weighted by atomic mass is 32.2. The van der Waals surface area contributed by atoms with Crippen LogP contribution in [0.1, 0.15) is 30.9 Å². The van der Waals surface area contributed by atoms with Crippen LogP contribution in [0.3, 0.4) is 0 Å². The van der Waals surface area contributed by atoms with E-state index >= 15 is 0 Å². The molecule has 0 saturated heterocycles. The first kappa shape index (κ1) is 20.8. The molecule has 0 aromatic heterocycles. The summed E-state index contributed by atoms with van der Waals surface area (Å²) in [5, 5.41) is 2.75. The molecule has 0 spiro atoms. The molecule has 0 saturated carbocycles. The summed E-state index contributed by atoms with van der Waals surface area (Å²) >= 11 is 1.14. The molecule has 0 aliphatic heterocycles. The molecule has 0 fully saturated rings. The van der Waals surface area contributed by atoms with Crippen LogP contribution < -0.4 is 10.1 Å². The molecule has 6 heteroatoms. The molecule has 2 aromatic rings. The van der Waals surface area contributed by atoms with E-state index in [-0.39, 0.29) is 17.8 Å². The molecular weight excluding hydrogens is 360 g/mol. The first-order valence-corrected chi connectivity index (χ1v) is 9.60. The van der Waals surface area contributed by atoms with Crippen molar-refractivity contribution in [2.45, 2.75) is 31.6 Å². The third-order valence-electron chi connectivity index (χ3n) is 3.94. The van der Waals surface area contributed by atoms with Crippen LogP contribution in [-0.4, -0.2) is 36.7 Å². The lowest BCUT2D eigenvalue weighted by molar-refractivity contribution is -0.118. The van der Waals surface area contributed by atoms with Gasteiger partial charge < -0.3 is 15.0 Å². The van der Waals surface area contributed by atoms with Crippen LogP contribution >= 0.6 is 11.8 Å². The van der Waals surface area contributed by atoms with Gasteiger partial charge in [0.2, 0.25) is 0 Å². The maximum atomic E-state index is 12.1. The van der Waals surface area contributed by atoms with Gasteiger partial charge in [0, 0.05) is 24.7 Å². The predicted molar refractivity (Wildman–Crippen MR) is 111 cm³/mol. The van der Waals surface area contributed by atoms with Crippen LogP contribution in [0.2, 0.25) is 0 Å². The van der Waals surface area contributed by atoms with Gasteiger partial charge in [0.15, 0.2) is 6.61 Å². The van der Waals surface area contributed by atoms with Crippen molar-refractivity contribution in [3.8, 4) is 5.75 Å². The van der Waals surface area contributed by atoms with E-state index in [0.29, 0.717) is 17.4 Å². The number of hydrogen-bond donors (Lipinski definition) is 1. The molecule has 144 valence electrons. The van der Waals surface area contributed by atoms with Gasteiger partial charge in [-0.25, -0.2) is 0 Å². The van der Waals surface area contributed by atoms with E-state index in [0.717, 1.165) is 22.2 Å². The first-order chi connectivity index (χ1) is 12.8. The standard InChI is InChI=1S/C21H26N2O3S/c1-14(2)19-11-8-17(12-15(19)3)26-13-20(24)22-16-6-9-18(10-7-16)27-21(25)23(4)5/h6-12,14H,13H2,1-5H3,(H,22,24). The number of hydrogen-bond acceptors (Lipinski definition) is 4. The molecular formula is C21H26N2O3S. The van der Waals surface area contributed by atoms with Gasteiger partial charge in [-0.2, -0.15) is 0 Å². The number of ether oxygens (including phenoxy) is 1. The van der Waals surface area contributed by atoms with Gasteiger partial charge >= 0.3 is 0 Å². The molecule has 0 aliphatic carbocycles. The average Bonchev–Trinajstić information content (AvgIpc) is 2.61. The monoisotopic (exact) mass is 386 g/mol. The highest BCUT2D eigenvalue weighted by Crippen LogP contribution is 2.24. The Bertz CT molecular complexity index is 802. The molecule has 27 heavy (non-hydrogen) atoms. The Kier molecular flexibility index (Phi) is 7.30. The molecule has 0 aliphatic rings. The molecule has 2 amide bonds. The zero-order valence-corrected chi connectivity index (χ0v) is 17.2. The number of amides is 2. The maximum Gasteiger partial charge on any atom is 0.285 e. The van der Waals surface area contributed by atoms with E-state index in [1.54, 1.807) is 38.4 Å². The lowest BCUT2D eigenvalue weighted by atomic mass is 9.98. The summed E-state index contributed by atoms with van der Waals surface area (Å²) in [6, 6.07) is 13.0. The Hall–Kier alpha value is -2.47. The molecule has 0 bridgehead atoms. The number of carbonyl (C=O) groups is 2. The Morgan fingerprint density at radius 1 is 1.11 bits per heavy atom. The third kappa shape index (κ3) is 6.32. The Morgan fingerprint density at radius 3 is 2.33 bits per heavy atom. The van der Waals surface area contributed by atoms with Crippen molar-refractivity contribution in [2.24, 2.45) is 0 Å². The highest BCUT2D eigenvalue weighted by molar-refractivity contribution is 8.13. The summed E-state index contributed by atoms with van der Waals surface area (Å²) in [7, 11) is 3.42. The minimum absolute atomic E-state index is 0.0426. The molecule has 2 rings (SSSR count). The van der Waals surface area contributed by atoms with Crippen LogP contribution in [-0.2, 0) is 4.79 Å². The second-order valence-corrected chi connectivity index (χ2v) is 7.82. The van der Waals surface area contributed by atoms with Crippen molar-refractivity contribution in [3.63, 3.8) is 0 Å². The Labute approximate surface area is 165 Å². The van der Waals surface area contributed by atoms with Gasteiger partial charge in [-0.15, -0.1) is 0 Å². The number of carbonyl (C=O) groups excluding carboxylic acids is 2. The quantitative estimate of drug-likeness (QED) is 0.717. The van der Waals surface area contributed by atoms with Crippen molar-refractivity contribution in [3.05, 3.63) is 53.6 Å². The van der Waals surface area contributed by atoms with Crippen molar-refractivity contribution in [1.29, 1.82) is 0 Å². The number of anilines is 1. The van der Waals surface area contributed by atoms with Crippen molar-refractivity contribution >= 4 is 28.6 Å². The van der Waals surface area contributed by atoms with Gasteiger partial charge in [-0.3, -0.25) is 9.59 Å². The summed E-state index contributed by atoms with van der Waals surface area (Å²) in [4.78, 5) is 26.1. The summed E-state index contributed by atoms with van der Waals surface area (Å²) in [6.07, 6.45) is 0. The Balaban J connectivity index is 1.87. The van der Waals surface area contributed by atoms with E-state index in [1.807, 2.05) is 25.1 Å². The fourth-order valence-corrected chi connectivity index (χ4v) is 3.19. The number of aryl methyl sites for hydroxylation is 1. The largest absolute Gasteiger partial charge is 0.484 e. The number of thioether (sulfide) groups is 1. The van der Waals surface area contributed by atoms with E-state index in [2.05, 4.69) is 19.2 Å². The molecule has 0 unspecified atom stereocenters. The minimum Gasteiger partial charge on any atom is -0.484 e. The van der Waals surface area contributed by atoms with Crippen molar-refractivity contribution < 1.29 is 14.3 Å². The summed E-state index contributed by atoms with van der Waals surface area (Å²) in [5.74, 6) is 0.905. The van der Waals surface area contributed by atoms with Crippen LogP contribution in [0.15, 0.2) is 47.4 Å². The van der Waals surface area contributed by atoms with Crippen molar-refractivity contribution in [2.75, 3.05) is 26.0 Å². The van der Waals surface area contributed by atoms with Gasteiger partial charge in [0.1, 0.15) is 5.75 Å². The van der Waals surface area contributed by atoms with Gasteiger partial charge in [0.05, 0.1) is 0 Å². The highest BCUT2D eigenvalue weighted by Gasteiger charge is 2.09. The van der Waals surface area contributed by atoms with E-state index in [9.17, 15) is 9.59 Å². The first-order valence-electron chi connectivity index (χ1n) is 8.78. The minimum atomic E-state index is -0.231. The zero-order valence-electron chi connectivity index (χ0n) is 16.4. The summed E-state index contributed by atoms with van der Waals surface area (Å²) < 4.78 is 5.59. The second kappa shape index (κ2) is 9.46. The van der Waals surface area contributed by atoms with Crippen LogP contribution in [0, 0.1) is 6.92 Å². The number of nitrogens with zero attached hydrogens (tertiary/aromatic N) is 1.